The molecule has 1 aliphatic rings. The number of halogens is 1. The van der Waals surface area contributed by atoms with Crippen LogP contribution in [0.25, 0.3) is 0 Å². The van der Waals surface area contributed by atoms with Crippen LogP contribution in [-0.2, 0) is 13.1 Å². The van der Waals surface area contributed by atoms with Crippen molar-refractivity contribution in [2.24, 2.45) is 4.99 Å². The molecule has 0 atom stereocenters. The molecule has 0 unspecified atom stereocenters. The van der Waals surface area contributed by atoms with Crippen LogP contribution in [-0.4, -0.2) is 70.2 Å². The van der Waals surface area contributed by atoms with E-state index < -0.39 is 0 Å². The summed E-state index contributed by atoms with van der Waals surface area (Å²) in [7, 11) is 1.84. The fourth-order valence-electron chi connectivity index (χ4n) is 2.93. The Kier molecular flexibility index (Phi) is 7.69. The summed E-state index contributed by atoms with van der Waals surface area (Å²) in [4.78, 5) is 13.3. The molecular formula is C16H26IN7O. The van der Waals surface area contributed by atoms with E-state index in [1.165, 1.54) is 0 Å². The number of aryl methyl sites for hydroxylation is 1. The Morgan fingerprint density at radius 2 is 2.12 bits per heavy atom. The van der Waals surface area contributed by atoms with Gasteiger partial charge < -0.3 is 19.3 Å². The van der Waals surface area contributed by atoms with Crippen LogP contribution in [0.4, 0.5) is 0 Å². The summed E-state index contributed by atoms with van der Waals surface area (Å²) in [6, 6.07) is 1.92. The quantitative estimate of drug-likeness (QED) is 0.412. The molecule has 9 heteroatoms. The Bertz CT molecular complexity index is 647. The highest BCUT2D eigenvalue weighted by Gasteiger charge is 2.20. The zero-order chi connectivity index (χ0) is 16.8. The first-order chi connectivity index (χ1) is 11.8. The van der Waals surface area contributed by atoms with Crippen LogP contribution in [0.3, 0.4) is 0 Å². The second kappa shape index (κ2) is 9.76. The lowest BCUT2D eigenvalue weighted by molar-refractivity contribution is 0.169. The molecule has 2 aromatic rings. The van der Waals surface area contributed by atoms with Gasteiger partial charge in [0.2, 0.25) is 0 Å². The number of nitrogens with zero attached hydrogens (tertiary/aromatic N) is 6. The van der Waals surface area contributed by atoms with E-state index in [9.17, 15) is 0 Å². The molecule has 0 saturated carbocycles. The number of nitrogens with one attached hydrogen (secondary N) is 1. The Labute approximate surface area is 165 Å². The first kappa shape index (κ1) is 19.7. The second-order valence-corrected chi connectivity index (χ2v) is 5.90. The minimum Gasteiger partial charge on any atom is -0.364 e. The summed E-state index contributed by atoms with van der Waals surface area (Å²) in [5.74, 6) is 2.00. The SMILES string of the molecule is CN=C(NCCn1ccnc1C)N1CCN(Cc2ccon2)CC1.I. The molecule has 0 radical (unpaired) electrons. The fourth-order valence-corrected chi connectivity index (χ4v) is 2.93. The Morgan fingerprint density at radius 1 is 1.32 bits per heavy atom. The molecule has 1 aliphatic heterocycles. The van der Waals surface area contributed by atoms with E-state index in [0.29, 0.717) is 0 Å². The van der Waals surface area contributed by atoms with Gasteiger partial charge in [0.05, 0.1) is 5.69 Å². The topological polar surface area (TPSA) is 74.7 Å². The molecule has 0 aliphatic carbocycles. The summed E-state index contributed by atoms with van der Waals surface area (Å²) in [6.45, 7) is 8.49. The average molecular weight is 459 g/mol. The van der Waals surface area contributed by atoms with Crippen LogP contribution < -0.4 is 5.32 Å². The summed E-state index contributed by atoms with van der Waals surface area (Å²) >= 11 is 0. The van der Waals surface area contributed by atoms with Crippen LogP contribution in [0.2, 0.25) is 0 Å². The number of guanidine groups is 1. The number of imidazole rings is 1. The minimum absolute atomic E-state index is 0. The van der Waals surface area contributed by atoms with Crippen molar-refractivity contribution < 1.29 is 4.52 Å². The Balaban J connectivity index is 0.00000225. The number of hydrogen-bond donors (Lipinski definition) is 1. The molecule has 138 valence electrons. The van der Waals surface area contributed by atoms with Gasteiger partial charge in [-0.15, -0.1) is 24.0 Å². The van der Waals surface area contributed by atoms with Gasteiger partial charge in [-0.05, 0) is 6.92 Å². The van der Waals surface area contributed by atoms with Gasteiger partial charge in [-0.1, -0.05) is 5.16 Å². The number of hydrogen-bond acceptors (Lipinski definition) is 5. The maximum absolute atomic E-state index is 4.89. The van der Waals surface area contributed by atoms with E-state index in [4.69, 9.17) is 4.52 Å². The van der Waals surface area contributed by atoms with Crippen molar-refractivity contribution in [3.63, 3.8) is 0 Å². The largest absolute Gasteiger partial charge is 0.364 e. The molecule has 25 heavy (non-hydrogen) atoms. The van der Waals surface area contributed by atoms with Crippen molar-refractivity contribution in [3.05, 3.63) is 36.2 Å². The van der Waals surface area contributed by atoms with Crippen molar-refractivity contribution in [1.29, 1.82) is 0 Å². The molecule has 1 saturated heterocycles. The normalized spacial score (nSPS) is 15.9. The van der Waals surface area contributed by atoms with E-state index >= 15 is 0 Å². The molecule has 3 rings (SSSR count). The lowest BCUT2D eigenvalue weighted by Gasteiger charge is -2.36. The van der Waals surface area contributed by atoms with Crippen molar-refractivity contribution in [1.82, 2.24) is 29.8 Å². The van der Waals surface area contributed by atoms with Crippen LogP contribution in [0.15, 0.2) is 34.2 Å². The third-order valence-electron chi connectivity index (χ3n) is 4.32. The molecule has 2 aromatic heterocycles. The fraction of sp³-hybridized carbons (Fsp3) is 0.562. The van der Waals surface area contributed by atoms with Crippen LogP contribution in [0, 0.1) is 6.92 Å². The summed E-state index contributed by atoms with van der Waals surface area (Å²) in [6.07, 6.45) is 5.46. The minimum atomic E-state index is 0. The highest BCUT2D eigenvalue weighted by molar-refractivity contribution is 14.0. The van der Waals surface area contributed by atoms with Gasteiger partial charge in [-0.3, -0.25) is 9.89 Å². The summed E-state index contributed by atoms with van der Waals surface area (Å²) in [5, 5.41) is 7.43. The number of aromatic nitrogens is 3. The highest BCUT2D eigenvalue weighted by atomic mass is 127. The smallest absolute Gasteiger partial charge is 0.193 e. The maximum atomic E-state index is 4.89. The van der Waals surface area contributed by atoms with E-state index in [1.54, 1.807) is 6.26 Å². The molecule has 3 heterocycles. The van der Waals surface area contributed by atoms with Gasteiger partial charge in [0, 0.05) is 71.3 Å². The van der Waals surface area contributed by atoms with E-state index in [1.807, 2.05) is 32.4 Å². The predicted molar refractivity (Wildman–Crippen MR) is 107 cm³/mol. The number of piperazine rings is 1. The van der Waals surface area contributed by atoms with E-state index in [-0.39, 0.29) is 24.0 Å². The van der Waals surface area contributed by atoms with Crippen LogP contribution in [0.5, 0.6) is 0 Å². The predicted octanol–water partition coefficient (Wildman–Crippen LogP) is 1.19. The van der Waals surface area contributed by atoms with E-state index in [2.05, 4.69) is 34.8 Å². The summed E-state index contributed by atoms with van der Waals surface area (Å²) in [5.41, 5.74) is 0.988. The van der Waals surface area contributed by atoms with Gasteiger partial charge >= 0.3 is 0 Å². The molecule has 8 nitrogen and oxygen atoms in total. The molecular weight excluding hydrogens is 433 g/mol. The van der Waals surface area contributed by atoms with Crippen LogP contribution in [0.1, 0.15) is 11.5 Å². The Hall–Kier alpha value is -1.62. The molecule has 0 amide bonds. The lowest BCUT2D eigenvalue weighted by Crippen LogP contribution is -2.52. The average Bonchev–Trinajstić information content (AvgIpc) is 3.25. The molecule has 1 fully saturated rings. The molecule has 0 bridgehead atoms. The zero-order valence-electron chi connectivity index (χ0n) is 14.8. The van der Waals surface area contributed by atoms with Gasteiger partial charge in [-0.2, -0.15) is 0 Å². The van der Waals surface area contributed by atoms with Gasteiger partial charge in [-0.25, -0.2) is 4.98 Å². The molecule has 0 aromatic carbocycles. The maximum Gasteiger partial charge on any atom is 0.193 e. The van der Waals surface area contributed by atoms with E-state index in [0.717, 1.165) is 63.3 Å². The Morgan fingerprint density at radius 3 is 2.72 bits per heavy atom. The van der Waals surface area contributed by atoms with Crippen molar-refractivity contribution in [2.45, 2.75) is 20.0 Å². The first-order valence-corrected chi connectivity index (χ1v) is 8.31. The third-order valence-corrected chi connectivity index (χ3v) is 4.32. The highest BCUT2D eigenvalue weighted by Crippen LogP contribution is 2.07. The first-order valence-electron chi connectivity index (χ1n) is 8.31. The number of rotatable bonds is 5. The monoisotopic (exact) mass is 459 g/mol. The van der Waals surface area contributed by atoms with Crippen LogP contribution >= 0.6 is 24.0 Å². The zero-order valence-corrected chi connectivity index (χ0v) is 17.1. The van der Waals surface area contributed by atoms with Crippen molar-refractivity contribution in [3.8, 4) is 0 Å². The standard InChI is InChI=1S/C16H25N7O.HI/c1-14-18-4-6-22(14)7-5-19-16(17-2)23-10-8-21(9-11-23)13-15-3-12-24-20-15;/h3-4,6,12H,5,7-11,13H2,1-2H3,(H,17,19);1H. The number of aliphatic imine (C=N–C) groups is 1. The van der Waals surface area contributed by atoms with Gasteiger partial charge in [0.15, 0.2) is 5.96 Å². The second-order valence-electron chi connectivity index (χ2n) is 5.90. The third kappa shape index (κ3) is 5.43. The molecule has 0 spiro atoms. The van der Waals surface area contributed by atoms with Crippen molar-refractivity contribution in [2.75, 3.05) is 39.8 Å². The van der Waals surface area contributed by atoms with Crippen molar-refractivity contribution >= 4 is 29.9 Å². The van der Waals surface area contributed by atoms with Gasteiger partial charge in [0.25, 0.3) is 0 Å². The molecule has 1 N–H and O–H groups in total. The van der Waals surface area contributed by atoms with Gasteiger partial charge in [0.1, 0.15) is 12.1 Å². The summed E-state index contributed by atoms with van der Waals surface area (Å²) < 4.78 is 7.03. The lowest BCUT2D eigenvalue weighted by atomic mass is 10.3.